The highest BCUT2D eigenvalue weighted by Gasteiger charge is 2.39. The lowest BCUT2D eigenvalue weighted by molar-refractivity contribution is -0.167. The number of amides is 1. The van der Waals surface area contributed by atoms with Crippen LogP contribution >= 0.6 is 23.5 Å². The highest BCUT2D eigenvalue weighted by atomic mass is 32.2. The van der Waals surface area contributed by atoms with Gasteiger partial charge in [0.1, 0.15) is 10.6 Å². The summed E-state index contributed by atoms with van der Waals surface area (Å²) in [7, 11) is -4.82. The van der Waals surface area contributed by atoms with Crippen LogP contribution in [0, 0.1) is 0 Å². The highest BCUT2D eigenvalue weighted by molar-refractivity contribution is 7.99. The third kappa shape index (κ3) is 6.25. The van der Waals surface area contributed by atoms with E-state index >= 15 is 0 Å². The minimum Gasteiger partial charge on any atom is -0.398 e. The maximum atomic E-state index is 13.1. The maximum Gasteiger partial charge on any atom is 0.471 e. The molecule has 0 aliphatic carbocycles. The molecule has 0 aromatic heterocycles. The van der Waals surface area contributed by atoms with Gasteiger partial charge < -0.3 is 11.1 Å². The number of nitrogens with zero attached hydrogens (tertiary/aromatic N) is 2. The molecule has 4 N–H and O–H groups in total. The number of thioether (sulfide) groups is 2. The zero-order valence-electron chi connectivity index (χ0n) is 20.9. The van der Waals surface area contributed by atoms with Gasteiger partial charge in [0.2, 0.25) is 0 Å². The molecule has 1 amide bonds. The van der Waals surface area contributed by atoms with Crippen molar-refractivity contribution in [3.05, 3.63) is 66.7 Å². The molecule has 0 saturated heterocycles. The topological polar surface area (TPSA) is 134 Å². The molecule has 0 aliphatic heterocycles. The van der Waals surface area contributed by atoms with Crippen molar-refractivity contribution in [1.29, 1.82) is 0 Å². The zero-order chi connectivity index (χ0) is 29.2. The fourth-order valence-corrected chi connectivity index (χ4v) is 5.70. The molecule has 0 bridgehead atoms. The van der Waals surface area contributed by atoms with Crippen molar-refractivity contribution in [2.24, 2.45) is 10.2 Å². The van der Waals surface area contributed by atoms with Crippen LogP contribution in [0.1, 0.15) is 0 Å². The van der Waals surface area contributed by atoms with Gasteiger partial charge in [0.25, 0.3) is 10.1 Å². The van der Waals surface area contributed by atoms with Gasteiger partial charge in [-0.05, 0) is 54.0 Å². The molecule has 8 nitrogen and oxygen atoms in total. The maximum absolute atomic E-state index is 13.1. The number of rotatable bonds is 7. The Bertz CT molecular complexity index is 1760. The molecule has 4 aromatic carbocycles. The van der Waals surface area contributed by atoms with E-state index in [1.54, 1.807) is 29.8 Å². The lowest BCUT2D eigenvalue weighted by atomic mass is 10.0. The molecule has 208 valence electrons. The Hall–Kier alpha value is -3.59. The fraction of sp³-hybridized carbons (Fsp3) is 0.115. The van der Waals surface area contributed by atoms with E-state index in [1.165, 1.54) is 47.8 Å². The molecule has 0 heterocycles. The van der Waals surface area contributed by atoms with Gasteiger partial charge in [-0.3, -0.25) is 9.35 Å². The molecule has 14 heteroatoms. The number of nitrogens with one attached hydrogen (secondary N) is 1. The van der Waals surface area contributed by atoms with E-state index in [0.29, 0.717) is 16.3 Å². The number of fused-ring (bicyclic) bond motifs is 1. The van der Waals surface area contributed by atoms with Crippen LogP contribution in [0.3, 0.4) is 0 Å². The summed E-state index contributed by atoms with van der Waals surface area (Å²) in [6.07, 6.45) is -1.51. The highest BCUT2D eigenvalue weighted by Crippen LogP contribution is 2.41. The lowest BCUT2D eigenvalue weighted by Gasteiger charge is -2.15. The molecular weight excluding hydrogens is 586 g/mol. The number of nitrogen functional groups attached to an aromatic ring is 1. The SMILES string of the molecule is CSc1cc(-c2ccc(N=Nc3cc(S(=O)(=O)O)c4ccccc4c3NC(=O)C(F)(F)F)c(SC)c2)ccc1N. The van der Waals surface area contributed by atoms with Crippen LogP contribution in [-0.4, -0.2) is 37.6 Å². The Kier molecular flexibility index (Phi) is 8.44. The molecule has 0 radical (unpaired) electrons. The predicted octanol–water partition coefficient (Wildman–Crippen LogP) is 7.70. The van der Waals surface area contributed by atoms with Gasteiger partial charge in [-0.2, -0.15) is 21.6 Å². The second kappa shape index (κ2) is 11.5. The van der Waals surface area contributed by atoms with Crippen molar-refractivity contribution in [3.8, 4) is 11.1 Å². The number of anilines is 2. The Balaban J connectivity index is 1.85. The third-order valence-corrected chi connectivity index (χ3v) is 8.23. The number of nitrogens with two attached hydrogens (primary N) is 1. The van der Waals surface area contributed by atoms with E-state index in [1.807, 2.05) is 24.5 Å². The van der Waals surface area contributed by atoms with E-state index in [4.69, 9.17) is 5.73 Å². The molecule has 40 heavy (non-hydrogen) atoms. The average Bonchev–Trinajstić information content (AvgIpc) is 2.91. The van der Waals surface area contributed by atoms with E-state index in [2.05, 4.69) is 10.2 Å². The first-order valence-corrected chi connectivity index (χ1v) is 15.2. The molecule has 0 unspecified atom stereocenters. The Morgan fingerprint density at radius 1 is 0.875 bits per heavy atom. The van der Waals surface area contributed by atoms with Gasteiger partial charge in [-0.1, -0.05) is 36.4 Å². The fourth-order valence-electron chi connectivity index (χ4n) is 3.87. The quantitative estimate of drug-likeness (QED) is 0.0849. The Morgan fingerprint density at radius 2 is 1.45 bits per heavy atom. The first kappa shape index (κ1) is 29.4. The smallest absolute Gasteiger partial charge is 0.398 e. The van der Waals surface area contributed by atoms with Crippen molar-refractivity contribution in [1.82, 2.24) is 0 Å². The van der Waals surface area contributed by atoms with E-state index < -0.39 is 38.5 Å². The standard InChI is InChI=1S/C26H21F3N4O4S3/c1-38-21-11-14(7-9-18(21)30)15-8-10-19(22(12-15)39-2)32-33-20-13-23(40(35,36)37)16-5-3-4-6-17(16)24(20)31-25(34)26(27,28)29/h3-13H,30H2,1-2H3,(H,31,34)(H,35,36,37). The van der Waals surface area contributed by atoms with Crippen LogP contribution in [0.25, 0.3) is 21.9 Å². The first-order valence-electron chi connectivity index (χ1n) is 11.3. The second-order valence-corrected chi connectivity index (χ2v) is 11.4. The van der Waals surface area contributed by atoms with Gasteiger partial charge in [-0.15, -0.1) is 33.8 Å². The van der Waals surface area contributed by atoms with Crippen molar-refractivity contribution in [2.75, 3.05) is 23.6 Å². The monoisotopic (exact) mass is 606 g/mol. The molecule has 0 saturated carbocycles. The summed E-state index contributed by atoms with van der Waals surface area (Å²) < 4.78 is 73.4. The van der Waals surface area contributed by atoms with Crippen LogP contribution in [0.15, 0.2) is 91.6 Å². The number of carbonyl (C=O) groups excluding carboxylic acids is 1. The van der Waals surface area contributed by atoms with Crippen molar-refractivity contribution < 1.29 is 30.9 Å². The summed E-state index contributed by atoms with van der Waals surface area (Å²) in [5.41, 5.74) is 7.94. The second-order valence-electron chi connectivity index (χ2n) is 8.28. The number of benzene rings is 4. The number of alkyl halides is 3. The largest absolute Gasteiger partial charge is 0.471 e. The summed E-state index contributed by atoms with van der Waals surface area (Å²) in [5.74, 6) is -2.28. The summed E-state index contributed by atoms with van der Waals surface area (Å²) >= 11 is 2.85. The third-order valence-electron chi connectivity index (χ3n) is 5.77. The Morgan fingerprint density at radius 3 is 2.05 bits per heavy atom. The molecule has 0 atom stereocenters. The average molecular weight is 607 g/mol. The van der Waals surface area contributed by atoms with Crippen LogP contribution in [0.4, 0.5) is 35.9 Å². The van der Waals surface area contributed by atoms with Gasteiger partial charge in [0.15, 0.2) is 0 Å². The number of halogens is 3. The molecule has 0 spiro atoms. The lowest BCUT2D eigenvalue weighted by Crippen LogP contribution is -2.30. The minimum atomic E-state index is -5.22. The molecule has 0 aliphatic rings. The number of hydrogen-bond acceptors (Lipinski definition) is 8. The molecule has 0 fully saturated rings. The van der Waals surface area contributed by atoms with Gasteiger partial charge in [-0.25, -0.2) is 0 Å². The number of carbonyl (C=O) groups is 1. The number of azo groups is 1. The van der Waals surface area contributed by atoms with E-state index in [0.717, 1.165) is 22.1 Å². The van der Waals surface area contributed by atoms with Gasteiger partial charge in [0, 0.05) is 26.3 Å². The first-order chi connectivity index (χ1) is 18.8. The van der Waals surface area contributed by atoms with Crippen molar-refractivity contribution >= 4 is 73.1 Å². The van der Waals surface area contributed by atoms with Crippen molar-refractivity contribution in [2.45, 2.75) is 20.9 Å². The number of hydrogen-bond donors (Lipinski definition) is 3. The van der Waals surface area contributed by atoms with Crippen LogP contribution in [-0.2, 0) is 14.9 Å². The summed E-state index contributed by atoms with van der Waals surface area (Å²) in [6, 6.07) is 17.2. The van der Waals surface area contributed by atoms with Crippen LogP contribution < -0.4 is 11.1 Å². The van der Waals surface area contributed by atoms with Crippen molar-refractivity contribution in [3.63, 3.8) is 0 Å². The summed E-state index contributed by atoms with van der Waals surface area (Å²) in [4.78, 5) is 12.8. The van der Waals surface area contributed by atoms with E-state index in [-0.39, 0.29) is 10.8 Å². The van der Waals surface area contributed by atoms with E-state index in [9.17, 15) is 30.9 Å². The Labute approximate surface area is 236 Å². The van der Waals surface area contributed by atoms with Crippen LogP contribution in [0.5, 0.6) is 0 Å². The predicted molar refractivity (Wildman–Crippen MR) is 152 cm³/mol. The van der Waals surface area contributed by atoms with Gasteiger partial charge in [0.05, 0.1) is 11.4 Å². The van der Waals surface area contributed by atoms with Gasteiger partial charge >= 0.3 is 12.1 Å². The summed E-state index contributed by atoms with van der Waals surface area (Å²) in [5, 5.41) is 9.76. The minimum absolute atomic E-state index is 0.0856. The zero-order valence-corrected chi connectivity index (χ0v) is 23.3. The normalized spacial score (nSPS) is 12.2. The molecular formula is C26H21F3N4O4S3. The summed E-state index contributed by atoms with van der Waals surface area (Å²) in [6.45, 7) is 0. The molecule has 4 aromatic rings. The molecule has 4 rings (SSSR count). The van der Waals surface area contributed by atoms with Crippen LogP contribution in [0.2, 0.25) is 0 Å².